The molecule has 0 aliphatic rings. The fourth-order valence-electron chi connectivity index (χ4n) is 2.50. The maximum Gasteiger partial charge on any atom is 0.306 e. The van der Waals surface area contributed by atoms with Crippen LogP contribution in [0.1, 0.15) is 56.6 Å². The van der Waals surface area contributed by atoms with Crippen molar-refractivity contribution in [2.45, 2.75) is 51.9 Å². The van der Waals surface area contributed by atoms with E-state index in [0.717, 1.165) is 18.4 Å². The summed E-state index contributed by atoms with van der Waals surface area (Å²) in [6.45, 7) is 4.13. The van der Waals surface area contributed by atoms with Gasteiger partial charge in [0.2, 0.25) is 0 Å². The normalized spacial score (nSPS) is 13.6. The van der Waals surface area contributed by atoms with E-state index in [2.05, 4.69) is 19.1 Å². The van der Waals surface area contributed by atoms with Crippen LogP contribution < -0.4 is 0 Å². The topological polar surface area (TPSA) is 74.6 Å². The molecule has 0 heterocycles. The number of hydrogen-bond acceptors (Lipinski definition) is 2. The van der Waals surface area contributed by atoms with Crippen molar-refractivity contribution in [3.05, 3.63) is 35.4 Å². The molecule has 0 bridgehead atoms. The van der Waals surface area contributed by atoms with Crippen LogP contribution in [0.4, 0.5) is 0 Å². The molecule has 1 aromatic rings. The lowest BCUT2D eigenvalue weighted by Gasteiger charge is -2.17. The van der Waals surface area contributed by atoms with Crippen LogP contribution in [0.5, 0.6) is 0 Å². The standard InChI is InChI=1S/C17H24O4/c1-3-4-13-5-7-14(8-6-13)12(2)11-15(17(20)21)9-10-16(18)19/h5-8,12,15H,3-4,9-11H2,1-2H3,(H,18,19)(H,20,21)/t12?,15-/m1/s1. The van der Waals surface area contributed by atoms with Gasteiger partial charge in [0, 0.05) is 6.42 Å². The zero-order valence-corrected chi connectivity index (χ0v) is 12.7. The molecule has 1 rings (SSSR count). The summed E-state index contributed by atoms with van der Waals surface area (Å²) in [4.78, 5) is 21.8. The molecule has 4 nitrogen and oxygen atoms in total. The summed E-state index contributed by atoms with van der Waals surface area (Å²) < 4.78 is 0. The summed E-state index contributed by atoms with van der Waals surface area (Å²) in [6.07, 6.45) is 2.70. The number of benzene rings is 1. The third kappa shape index (κ3) is 5.98. The number of carboxylic acids is 2. The van der Waals surface area contributed by atoms with Crippen LogP contribution in [0.2, 0.25) is 0 Å². The van der Waals surface area contributed by atoms with Crippen LogP contribution in [-0.2, 0) is 16.0 Å². The van der Waals surface area contributed by atoms with Gasteiger partial charge >= 0.3 is 11.9 Å². The van der Waals surface area contributed by atoms with Crippen molar-refractivity contribution in [3.8, 4) is 0 Å². The molecular formula is C17H24O4. The van der Waals surface area contributed by atoms with E-state index in [0.29, 0.717) is 6.42 Å². The minimum atomic E-state index is -0.946. The summed E-state index contributed by atoms with van der Waals surface area (Å²) >= 11 is 0. The average molecular weight is 292 g/mol. The minimum Gasteiger partial charge on any atom is -0.481 e. The van der Waals surface area contributed by atoms with Gasteiger partial charge in [-0.05, 0) is 36.3 Å². The smallest absolute Gasteiger partial charge is 0.306 e. The van der Waals surface area contributed by atoms with Gasteiger partial charge in [-0.1, -0.05) is 44.5 Å². The van der Waals surface area contributed by atoms with Gasteiger partial charge in [-0.2, -0.15) is 0 Å². The second-order valence-corrected chi connectivity index (χ2v) is 5.60. The third-order valence-corrected chi connectivity index (χ3v) is 3.78. The van der Waals surface area contributed by atoms with Gasteiger partial charge in [-0.3, -0.25) is 9.59 Å². The van der Waals surface area contributed by atoms with Crippen LogP contribution in [0.25, 0.3) is 0 Å². The first-order valence-electron chi connectivity index (χ1n) is 7.47. The molecule has 0 amide bonds. The van der Waals surface area contributed by atoms with E-state index in [-0.39, 0.29) is 18.8 Å². The van der Waals surface area contributed by atoms with Crippen molar-refractivity contribution in [2.75, 3.05) is 0 Å². The van der Waals surface area contributed by atoms with Crippen LogP contribution >= 0.6 is 0 Å². The molecule has 0 radical (unpaired) electrons. The van der Waals surface area contributed by atoms with Crippen molar-refractivity contribution < 1.29 is 19.8 Å². The number of aryl methyl sites for hydroxylation is 1. The van der Waals surface area contributed by atoms with E-state index in [1.54, 1.807) is 0 Å². The first kappa shape index (κ1) is 17.2. The SMILES string of the molecule is CCCc1ccc(C(C)C[C@@H](CCC(=O)O)C(=O)O)cc1. The van der Waals surface area contributed by atoms with Crippen molar-refractivity contribution in [1.82, 2.24) is 0 Å². The summed E-state index contributed by atoms with van der Waals surface area (Å²) in [5, 5.41) is 17.9. The molecule has 0 saturated carbocycles. The molecular weight excluding hydrogens is 268 g/mol. The Hall–Kier alpha value is -1.84. The predicted octanol–water partition coefficient (Wildman–Crippen LogP) is 3.70. The molecule has 21 heavy (non-hydrogen) atoms. The Bertz CT molecular complexity index is 464. The number of carboxylic acid groups (broad SMARTS) is 2. The quantitative estimate of drug-likeness (QED) is 0.727. The van der Waals surface area contributed by atoms with Gasteiger partial charge in [-0.15, -0.1) is 0 Å². The summed E-state index contributed by atoms with van der Waals surface area (Å²) in [6, 6.07) is 8.27. The number of carbonyl (C=O) groups is 2. The second-order valence-electron chi connectivity index (χ2n) is 5.60. The van der Waals surface area contributed by atoms with Crippen LogP contribution in [0.3, 0.4) is 0 Å². The monoisotopic (exact) mass is 292 g/mol. The Morgan fingerprint density at radius 1 is 1.14 bits per heavy atom. The maximum atomic E-state index is 11.2. The highest BCUT2D eigenvalue weighted by molar-refractivity contribution is 5.72. The fraction of sp³-hybridized carbons (Fsp3) is 0.529. The maximum absolute atomic E-state index is 11.2. The fourth-order valence-corrected chi connectivity index (χ4v) is 2.50. The molecule has 4 heteroatoms. The van der Waals surface area contributed by atoms with E-state index < -0.39 is 17.9 Å². The van der Waals surface area contributed by atoms with Crippen molar-refractivity contribution in [2.24, 2.45) is 5.92 Å². The van der Waals surface area contributed by atoms with Gasteiger partial charge in [0.05, 0.1) is 5.92 Å². The van der Waals surface area contributed by atoms with E-state index in [1.807, 2.05) is 19.1 Å². The lowest BCUT2D eigenvalue weighted by atomic mass is 9.87. The van der Waals surface area contributed by atoms with Gasteiger partial charge in [0.1, 0.15) is 0 Å². The zero-order valence-electron chi connectivity index (χ0n) is 12.7. The average Bonchev–Trinajstić information content (AvgIpc) is 2.43. The first-order valence-corrected chi connectivity index (χ1v) is 7.47. The van der Waals surface area contributed by atoms with Gasteiger partial charge in [-0.25, -0.2) is 0 Å². The Balaban J connectivity index is 2.65. The number of rotatable bonds is 9. The molecule has 116 valence electrons. The van der Waals surface area contributed by atoms with E-state index in [1.165, 1.54) is 5.56 Å². The molecule has 0 aliphatic heterocycles. The van der Waals surface area contributed by atoms with Gasteiger partial charge < -0.3 is 10.2 Å². The third-order valence-electron chi connectivity index (χ3n) is 3.78. The van der Waals surface area contributed by atoms with Crippen LogP contribution in [0, 0.1) is 5.92 Å². The summed E-state index contributed by atoms with van der Waals surface area (Å²) in [5.74, 6) is -2.36. The molecule has 0 saturated heterocycles. The Morgan fingerprint density at radius 2 is 1.76 bits per heavy atom. The Kier molecular flexibility index (Phi) is 6.92. The highest BCUT2D eigenvalue weighted by Gasteiger charge is 2.22. The number of aliphatic carboxylic acids is 2. The zero-order chi connectivity index (χ0) is 15.8. The second kappa shape index (κ2) is 8.45. The molecule has 0 fully saturated rings. The largest absolute Gasteiger partial charge is 0.481 e. The molecule has 0 spiro atoms. The highest BCUT2D eigenvalue weighted by atomic mass is 16.4. The van der Waals surface area contributed by atoms with Crippen molar-refractivity contribution in [3.63, 3.8) is 0 Å². The lowest BCUT2D eigenvalue weighted by molar-refractivity contribution is -0.143. The lowest BCUT2D eigenvalue weighted by Crippen LogP contribution is -2.17. The molecule has 1 unspecified atom stereocenters. The molecule has 0 aliphatic carbocycles. The van der Waals surface area contributed by atoms with E-state index >= 15 is 0 Å². The van der Waals surface area contributed by atoms with Crippen molar-refractivity contribution >= 4 is 11.9 Å². The van der Waals surface area contributed by atoms with Crippen molar-refractivity contribution in [1.29, 1.82) is 0 Å². The van der Waals surface area contributed by atoms with Gasteiger partial charge in [0.25, 0.3) is 0 Å². The number of hydrogen-bond donors (Lipinski definition) is 2. The molecule has 2 atom stereocenters. The van der Waals surface area contributed by atoms with Crippen LogP contribution in [-0.4, -0.2) is 22.2 Å². The summed E-state index contributed by atoms with van der Waals surface area (Å²) in [5.41, 5.74) is 2.39. The molecule has 0 aromatic heterocycles. The Morgan fingerprint density at radius 3 is 2.24 bits per heavy atom. The summed E-state index contributed by atoms with van der Waals surface area (Å²) in [7, 11) is 0. The predicted molar refractivity (Wildman–Crippen MR) is 81.5 cm³/mol. The van der Waals surface area contributed by atoms with Gasteiger partial charge in [0.15, 0.2) is 0 Å². The van der Waals surface area contributed by atoms with Crippen LogP contribution in [0.15, 0.2) is 24.3 Å². The van der Waals surface area contributed by atoms with E-state index in [9.17, 15) is 14.7 Å². The minimum absolute atomic E-state index is 0.0981. The molecule has 1 aromatic carbocycles. The highest BCUT2D eigenvalue weighted by Crippen LogP contribution is 2.26. The van der Waals surface area contributed by atoms with E-state index in [4.69, 9.17) is 5.11 Å². The molecule has 2 N–H and O–H groups in total. The first-order chi connectivity index (χ1) is 9.93. The Labute approximate surface area is 125 Å².